The van der Waals surface area contributed by atoms with Crippen LogP contribution in [-0.2, 0) is 11.2 Å². The van der Waals surface area contributed by atoms with Crippen LogP contribution < -0.4 is 10.9 Å². The first-order chi connectivity index (χ1) is 12.9. The molecule has 4 rings (SSSR count). The zero-order chi connectivity index (χ0) is 19.1. The van der Waals surface area contributed by atoms with Gasteiger partial charge in [-0.05, 0) is 37.5 Å². The predicted molar refractivity (Wildman–Crippen MR) is 106 cm³/mol. The van der Waals surface area contributed by atoms with Crippen LogP contribution in [0.4, 0.5) is 4.39 Å². The van der Waals surface area contributed by atoms with Crippen molar-refractivity contribution < 1.29 is 9.18 Å². The normalized spacial score (nSPS) is 23.4. The van der Waals surface area contributed by atoms with E-state index in [1.54, 1.807) is 19.9 Å². The van der Waals surface area contributed by atoms with Crippen molar-refractivity contribution in [3.63, 3.8) is 0 Å². The Labute approximate surface area is 169 Å². The molecule has 2 N–H and O–H groups in total. The van der Waals surface area contributed by atoms with Crippen LogP contribution >= 0.6 is 12.4 Å². The van der Waals surface area contributed by atoms with Crippen LogP contribution in [0, 0.1) is 31.5 Å². The molecule has 0 saturated carbocycles. The summed E-state index contributed by atoms with van der Waals surface area (Å²) in [5, 5.41) is 3.38. The maximum Gasteiger partial charge on any atom is 0.254 e. The summed E-state index contributed by atoms with van der Waals surface area (Å²) in [5.41, 5.74) is 1.52. The summed E-state index contributed by atoms with van der Waals surface area (Å²) in [6, 6.07) is 6.31. The Morgan fingerprint density at radius 1 is 1.32 bits per heavy atom. The Morgan fingerprint density at radius 2 is 2.11 bits per heavy atom. The summed E-state index contributed by atoms with van der Waals surface area (Å²) in [7, 11) is 0. The molecule has 0 unspecified atom stereocenters. The molecule has 2 aliphatic rings. The predicted octanol–water partition coefficient (Wildman–Crippen LogP) is 1.91. The summed E-state index contributed by atoms with van der Waals surface area (Å²) in [6.45, 7) is 5.74. The van der Waals surface area contributed by atoms with Crippen molar-refractivity contribution in [3.8, 4) is 0 Å². The summed E-state index contributed by atoms with van der Waals surface area (Å²) in [4.78, 5) is 34.2. The van der Waals surface area contributed by atoms with Gasteiger partial charge in [0.2, 0.25) is 5.91 Å². The smallest absolute Gasteiger partial charge is 0.254 e. The first-order valence-electron chi connectivity index (χ1n) is 9.26. The number of nitrogens with zero attached hydrogens (tertiary/aromatic N) is 2. The van der Waals surface area contributed by atoms with Crippen molar-refractivity contribution in [3.05, 3.63) is 63.1 Å². The minimum atomic E-state index is -0.302. The van der Waals surface area contributed by atoms with Crippen molar-refractivity contribution in [1.82, 2.24) is 20.2 Å². The number of hydrogen-bond acceptors (Lipinski definition) is 4. The van der Waals surface area contributed by atoms with E-state index in [2.05, 4.69) is 15.3 Å². The molecule has 1 aromatic heterocycles. The van der Waals surface area contributed by atoms with Gasteiger partial charge in [-0.25, -0.2) is 9.37 Å². The van der Waals surface area contributed by atoms with E-state index in [1.165, 1.54) is 12.1 Å². The Morgan fingerprint density at radius 3 is 2.82 bits per heavy atom. The van der Waals surface area contributed by atoms with Crippen molar-refractivity contribution in [2.45, 2.75) is 26.3 Å². The van der Waals surface area contributed by atoms with E-state index < -0.39 is 0 Å². The number of carbonyl (C=O) groups is 1. The lowest BCUT2D eigenvalue weighted by atomic mass is 9.89. The number of nitrogens with one attached hydrogen (secondary N) is 2. The Kier molecular flexibility index (Phi) is 5.86. The SMILES string of the molecule is Cc1nc(C)c(CC(=O)N2C[C@@H]3CNC[C@@H]3[C@@H]2c2cccc(F)c2)c(=O)[nH]1.Cl. The number of H-pyrrole nitrogens is 1. The van der Waals surface area contributed by atoms with Gasteiger partial charge in [-0.15, -0.1) is 12.4 Å². The molecular weight excluding hydrogens is 383 g/mol. The van der Waals surface area contributed by atoms with Crippen molar-refractivity contribution in [2.24, 2.45) is 11.8 Å². The largest absolute Gasteiger partial charge is 0.335 e. The summed E-state index contributed by atoms with van der Waals surface area (Å²) in [5.74, 6) is 0.722. The van der Waals surface area contributed by atoms with Crippen molar-refractivity contribution >= 4 is 18.3 Å². The Balaban J connectivity index is 0.00000225. The molecule has 0 radical (unpaired) electrons. The number of fused-ring (bicyclic) bond motifs is 1. The lowest BCUT2D eigenvalue weighted by Gasteiger charge is -2.28. The molecule has 1 aromatic carbocycles. The van der Waals surface area contributed by atoms with Gasteiger partial charge in [-0.2, -0.15) is 0 Å². The lowest BCUT2D eigenvalue weighted by molar-refractivity contribution is -0.132. The van der Waals surface area contributed by atoms with Crippen LogP contribution in [0.25, 0.3) is 0 Å². The quantitative estimate of drug-likeness (QED) is 0.816. The molecule has 3 heterocycles. The topological polar surface area (TPSA) is 78.1 Å². The standard InChI is InChI=1S/C20H23FN4O2.ClH/c1-11-16(20(27)24-12(2)23-11)7-18(26)25-10-14-8-22-9-17(14)19(25)13-4-3-5-15(21)6-13;/h3-6,14,17,19,22H,7-10H2,1-2H3,(H,23,24,27);1H/t14-,17-,19-;/m0./s1. The van der Waals surface area contributed by atoms with Crippen molar-refractivity contribution in [2.75, 3.05) is 19.6 Å². The van der Waals surface area contributed by atoms with Gasteiger partial charge in [-0.3, -0.25) is 9.59 Å². The molecule has 2 aromatic rings. The fourth-order valence-corrected chi connectivity index (χ4v) is 4.51. The molecule has 3 atom stereocenters. The van der Waals surface area contributed by atoms with Crippen molar-refractivity contribution in [1.29, 1.82) is 0 Å². The third kappa shape index (κ3) is 3.69. The molecule has 150 valence electrons. The summed E-state index contributed by atoms with van der Waals surface area (Å²) >= 11 is 0. The highest BCUT2D eigenvalue weighted by molar-refractivity contribution is 5.85. The number of halogens is 2. The van der Waals surface area contributed by atoms with Gasteiger partial charge in [0, 0.05) is 36.8 Å². The number of aromatic amines is 1. The van der Waals surface area contributed by atoms with Crippen LogP contribution in [0.5, 0.6) is 0 Å². The van der Waals surface area contributed by atoms with Gasteiger partial charge < -0.3 is 15.2 Å². The van der Waals surface area contributed by atoms with Gasteiger partial charge in [0.05, 0.1) is 12.5 Å². The highest BCUT2D eigenvalue weighted by Crippen LogP contribution is 2.42. The van der Waals surface area contributed by atoms with Crippen LogP contribution in [0.1, 0.15) is 28.7 Å². The highest BCUT2D eigenvalue weighted by Gasteiger charge is 2.46. The first-order valence-corrected chi connectivity index (χ1v) is 9.26. The monoisotopic (exact) mass is 406 g/mol. The number of benzene rings is 1. The van der Waals surface area contributed by atoms with Gasteiger partial charge in [-0.1, -0.05) is 12.1 Å². The highest BCUT2D eigenvalue weighted by atomic mass is 35.5. The minimum Gasteiger partial charge on any atom is -0.335 e. The minimum absolute atomic E-state index is 0. The summed E-state index contributed by atoms with van der Waals surface area (Å²) in [6.07, 6.45) is 0.00707. The second-order valence-corrected chi connectivity index (χ2v) is 7.52. The third-order valence-corrected chi connectivity index (χ3v) is 5.74. The zero-order valence-electron chi connectivity index (χ0n) is 15.9. The number of hydrogen-bond donors (Lipinski definition) is 2. The number of rotatable bonds is 3. The average molecular weight is 407 g/mol. The number of likely N-dealkylation sites (tertiary alicyclic amines) is 1. The van der Waals surface area contributed by atoms with Gasteiger partial charge in [0.1, 0.15) is 11.6 Å². The number of carbonyl (C=O) groups excluding carboxylic acids is 1. The lowest BCUT2D eigenvalue weighted by Crippen LogP contribution is -2.37. The van der Waals surface area contributed by atoms with Gasteiger partial charge in [0.15, 0.2) is 0 Å². The number of aromatic nitrogens is 2. The first kappa shape index (κ1) is 20.5. The van der Waals surface area contributed by atoms with E-state index in [9.17, 15) is 14.0 Å². The molecule has 0 spiro atoms. The molecule has 6 nitrogen and oxygen atoms in total. The van der Waals surface area contributed by atoms with E-state index in [0.29, 0.717) is 29.5 Å². The molecule has 0 bridgehead atoms. The molecule has 2 aliphatic heterocycles. The van der Waals surface area contributed by atoms with Gasteiger partial charge >= 0.3 is 0 Å². The van der Waals surface area contributed by atoms with Crippen LogP contribution in [0.3, 0.4) is 0 Å². The van der Waals surface area contributed by atoms with Gasteiger partial charge in [0.25, 0.3) is 5.56 Å². The fourth-order valence-electron chi connectivity index (χ4n) is 4.51. The molecule has 2 fully saturated rings. The Bertz CT molecular complexity index is 948. The summed E-state index contributed by atoms with van der Waals surface area (Å²) < 4.78 is 13.8. The molecule has 28 heavy (non-hydrogen) atoms. The number of aryl methyl sites for hydroxylation is 2. The third-order valence-electron chi connectivity index (χ3n) is 5.74. The molecule has 1 amide bonds. The van der Waals surface area contributed by atoms with E-state index >= 15 is 0 Å². The average Bonchev–Trinajstić information content (AvgIpc) is 3.18. The Hall–Kier alpha value is -2.25. The maximum atomic E-state index is 13.8. The zero-order valence-corrected chi connectivity index (χ0v) is 16.7. The van der Waals surface area contributed by atoms with E-state index in [-0.39, 0.29) is 48.1 Å². The van der Waals surface area contributed by atoms with E-state index in [1.807, 2.05) is 11.0 Å². The molecular formula is C20H24ClFN4O2. The fraction of sp³-hybridized carbons (Fsp3) is 0.450. The van der Waals surface area contributed by atoms with E-state index in [0.717, 1.165) is 18.7 Å². The number of amides is 1. The van der Waals surface area contributed by atoms with Crippen LogP contribution in [0.15, 0.2) is 29.1 Å². The second kappa shape index (κ2) is 8.01. The van der Waals surface area contributed by atoms with Crippen LogP contribution in [-0.4, -0.2) is 40.4 Å². The maximum absolute atomic E-state index is 13.8. The van der Waals surface area contributed by atoms with E-state index in [4.69, 9.17) is 0 Å². The van der Waals surface area contributed by atoms with Crippen LogP contribution in [0.2, 0.25) is 0 Å². The molecule has 2 saturated heterocycles. The second-order valence-electron chi connectivity index (χ2n) is 7.52. The molecule has 0 aliphatic carbocycles. The molecule has 8 heteroatoms.